The summed E-state index contributed by atoms with van der Waals surface area (Å²) in [5.41, 5.74) is 0. The van der Waals surface area contributed by atoms with E-state index in [1.54, 1.807) is 6.08 Å². The molecule has 0 aromatic carbocycles. The Bertz CT molecular complexity index is 1350. The highest BCUT2D eigenvalue weighted by Gasteiger charge is 2.23. The van der Waals surface area contributed by atoms with Crippen LogP contribution in [0.1, 0.15) is 373 Å². The highest BCUT2D eigenvalue weighted by Crippen LogP contribution is 2.38. The Morgan fingerprint density at radius 2 is 0.700 bits per heavy atom. The average molecular weight is 1150 g/mol. The van der Waals surface area contributed by atoms with Crippen LogP contribution in [0.3, 0.4) is 0 Å². The number of aliphatic hydroxyl groups is 1. The highest BCUT2D eigenvalue weighted by atomic mass is 31.2. The Hall–Kier alpha value is -1.02. The summed E-state index contributed by atoms with van der Waals surface area (Å²) in [7, 11) is 1.26. The summed E-state index contributed by atoms with van der Waals surface area (Å²) < 4.78 is 23.4. The van der Waals surface area contributed by atoms with Gasteiger partial charge >= 0.3 is 0 Å². The molecule has 0 radical (unpaired) electrons. The van der Waals surface area contributed by atoms with E-state index in [1.165, 1.54) is 315 Å². The van der Waals surface area contributed by atoms with E-state index in [9.17, 15) is 19.4 Å². The molecule has 9 heteroatoms. The van der Waals surface area contributed by atoms with Crippen molar-refractivity contribution in [2.75, 3.05) is 40.9 Å². The van der Waals surface area contributed by atoms with E-state index in [4.69, 9.17) is 9.05 Å². The monoisotopic (exact) mass is 1150 g/mol. The summed E-state index contributed by atoms with van der Waals surface area (Å²) in [5, 5.41) is 13.9. The van der Waals surface area contributed by atoms with Crippen molar-refractivity contribution >= 4 is 13.7 Å². The second-order valence-corrected chi connectivity index (χ2v) is 27.4. The zero-order valence-electron chi connectivity index (χ0n) is 54.6. The standard InChI is InChI=1S/C71H141N2O6P/c1-6-8-10-12-14-16-18-20-22-24-26-28-30-31-32-33-34-35-36-37-38-39-40-41-43-45-47-49-51-53-55-57-59-61-63-65-71(75)72-69(68-79-80(76,77)78-67-66-73(3,4)5)70(74)64-62-60-58-56-54-52-50-48-46-44-42-29-27-25-23-21-19-17-15-13-11-9-7-2/h54,56,62,64,69-70,74H,6-53,55,57-61,63,65-68H2,1-5H3,(H-,72,75,76,77)/b56-54+,64-62+. The number of quaternary nitrogens is 1. The highest BCUT2D eigenvalue weighted by molar-refractivity contribution is 7.45. The molecule has 0 spiro atoms. The van der Waals surface area contributed by atoms with E-state index in [2.05, 4.69) is 31.3 Å². The minimum atomic E-state index is -4.61. The van der Waals surface area contributed by atoms with Crippen molar-refractivity contribution in [2.45, 2.75) is 386 Å². The second-order valence-electron chi connectivity index (χ2n) is 25.9. The van der Waals surface area contributed by atoms with E-state index in [0.29, 0.717) is 17.4 Å². The van der Waals surface area contributed by atoms with Gasteiger partial charge in [0.25, 0.3) is 7.82 Å². The Labute approximate surface area is 500 Å². The van der Waals surface area contributed by atoms with Gasteiger partial charge in [-0.25, -0.2) is 0 Å². The van der Waals surface area contributed by atoms with Gasteiger partial charge in [-0.1, -0.05) is 359 Å². The topological polar surface area (TPSA) is 108 Å². The molecule has 0 rings (SSSR count). The van der Waals surface area contributed by atoms with E-state index < -0.39 is 20.0 Å². The molecule has 0 heterocycles. The van der Waals surface area contributed by atoms with Crippen LogP contribution in [-0.2, 0) is 18.4 Å². The second kappa shape index (κ2) is 62.5. The van der Waals surface area contributed by atoms with E-state index in [1.807, 2.05) is 27.2 Å². The van der Waals surface area contributed by atoms with Gasteiger partial charge in [0.15, 0.2) is 0 Å². The summed E-state index contributed by atoms with van der Waals surface area (Å²) in [6.45, 7) is 4.69. The molecule has 1 amide bonds. The van der Waals surface area contributed by atoms with Gasteiger partial charge in [-0.2, -0.15) is 0 Å². The Morgan fingerprint density at radius 3 is 1.01 bits per heavy atom. The molecule has 0 saturated carbocycles. The first-order valence-electron chi connectivity index (χ1n) is 35.7. The number of allylic oxidation sites excluding steroid dienone is 3. The van der Waals surface area contributed by atoms with Crippen LogP contribution in [0.2, 0.25) is 0 Å². The van der Waals surface area contributed by atoms with Crippen molar-refractivity contribution in [1.82, 2.24) is 5.32 Å². The fourth-order valence-electron chi connectivity index (χ4n) is 11.1. The van der Waals surface area contributed by atoms with Gasteiger partial charge in [0.05, 0.1) is 39.9 Å². The lowest BCUT2D eigenvalue weighted by atomic mass is 10.0. The van der Waals surface area contributed by atoms with Gasteiger partial charge in [-0.05, 0) is 32.1 Å². The number of carbonyl (C=O) groups excluding carboxylic acids is 1. The number of phosphoric ester groups is 1. The molecule has 3 unspecified atom stereocenters. The number of hydrogen-bond donors (Lipinski definition) is 2. The first kappa shape index (κ1) is 79.0. The predicted molar refractivity (Wildman–Crippen MR) is 349 cm³/mol. The summed E-state index contributed by atoms with van der Waals surface area (Å²) in [6, 6.07) is -0.902. The number of unbranched alkanes of at least 4 members (excludes halogenated alkanes) is 52. The number of hydrogen-bond acceptors (Lipinski definition) is 6. The minimum absolute atomic E-state index is 0.00344. The predicted octanol–water partition coefficient (Wildman–Crippen LogP) is 22.0. The summed E-state index contributed by atoms with van der Waals surface area (Å²) in [5.74, 6) is -0.198. The fraction of sp³-hybridized carbons (Fsp3) is 0.930. The maximum absolute atomic E-state index is 13.0. The van der Waals surface area contributed by atoms with Gasteiger partial charge in [0.1, 0.15) is 13.2 Å². The molecule has 8 nitrogen and oxygen atoms in total. The normalized spacial score (nSPS) is 13.7. The smallest absolute Gasteiger partial charge is 0.268 e. The van der Waals surface area contributed by atoms with Crippen LogP contribution in [0.4, 0.5) is 0 Å². The third-order valence-corrected chi connectivity index (χ3v) is 17.6. The summed E-state index contributed by atoms with van der Waals surface area (Å²) in [6.07, 6.45) is 81.8. The van der Waals surface area contributed by atoms with Crippen molar-refractivity contribution in [3.05, 3.63) is 24.3 Å². The number of carbonyl (C=O) groups is 1. The molecule has 0 aromatic heterocycles. The van der Waals surface area contributed by atoms with Crippen molar-refractivity contribution in [3.63, 3.8) is 0 Å². The zero-order chi connectivity index (χ0) is 58.4. The van der Waals surface area contributed by atoms with Crippen LogP contribution < -0.4 is 10.2 Å². The van der Waals surface area contributed by atoms with Crippen LogP contribution in [-0.4, -0.2) is 68.5 Å². The van der Waals surface area contributed by atoms with Crippen LogP contribution in [0, 0.1) is 0 Å². The van der Waals surface area contributed by atoms with Crippen molar-refractivity contribution in [1.29, 1.82) is 0 Å². The maximum atomic E-state index is 13.0. The van der Waals surface area contributed by atoms with Gasteiger partial charge in [-0.3, -0.25) is 9.36 Å². The molecule has 0 fully saturated rings. The molecule has 80 heavy (non-hydrogen) atoms. The molecule has 0 saturated heterocycles. The van der Waals surface area contributed by atoms with Crippen LogP contribution in [0.15, 0.2) is 24.3 Å². The van der Waals surface area contributed by atoms with E-state index >= 15 is 0 Å². The number of amides is 1. The Morgan fingerprint density at radius 1 is 0.425 bits per heavy atom. The summed E-state index contributed by atoms with van der Waals surface area (Å²) >= 11 is 0. The number of nitrogens with one attached hydrogen (secondary N) is 1. The van der Waals surface area contributed by atoms with Crippen molar-refractivity contribution in [3.8, 4) is 0 Å². The van der Waals surface area contributed by atoms with E-state index in [0.717, 1.165) is 38.5 Å². The van der Waals surface area contributed by atoms with Gasteiger partial charge < -0.3 is 28.8 Å². The largest absolute Gasteiger partial charge is 0.756 e. The number of nitrogens with zero attached hydrogens (tertiary/aromatic N) is 1. The minimum Gasteiger partial charge on any atom is -0.756 e. The molecule has 0 aliphatic rings. The van der Waals surface area contributed by atoms with Gasteiger partial charge in [0.2, 0.25) is 5.91 Å². The average Bonchev–Trinajstić information content (AvgIpc) is 3.42. The molecule has 2 N–H and O–H groups in total. The number of phosphoric acid groups is 1. The molecular formula is C71H141N2O6P. The van der Waals surface area contributed by atoms with Gasteiger partial charge in [0, 0.05) is 6.42 Å². The lowest BCUT2D eigenvalue weighted by molar-refractivity contribution is -0.870. The number of rotatable bonds is 67. The maximum Gasteiger partial charge on any atom is 0.268 e. The van der Waals surface area contributed by atoms with Crippen LogP contribution >= 0.6 is 7.82 Å². The van der Waals surface area contributed by atoms with Gasteiger partial charge in [-0.15, -0.1) is 0 Å². The van der Waals surface area contributed by atoms with Crippen molar-refractivity contribution < 1.29 is 32.9 Å². The molecule has 0 aliphatic heterocycles. The molecule has 0 bridgehead atoms. The number of likely N-dealkylation sites (N-methyl/N-ethyl adjacent to an activating group) is 1. The SMILES string of the molecule is CCCCCCCCCCCCCCCCCCC/C=C/CC/C=C/C(O)C(COP(=O)([O-])OCC[N+](C)(C)C)NC(=O)CCCCCCCCCCCCCCCCCCCCCCCCCCCCCCCCCCCCC. The fourth-order valence-corrected chi connectivity index (χ4v) is 11.8. The lowest BCUT2D eigenvalue weighted by Crippen LogP contribution is -2.45. The third kappa shape index (κ3) is 64.5. The Balaban J connectivity index is 4.00. The summed E-state index contributed by atoms with van der Waals surface area (Å²) in [4.78, 5) is 25.6. The molecule has 0 aliphatic carbocycles. The zero-order valence-corrected chi connectivity index (χ0v) is 55.5. The molecule has 3 atom stereocenters. The molecule has 476 valence electrons. The van der Waals surface area contributed by atoms with Crippen molar-refractivity contribution in [2.24, 2.45) is 0 Å². The third-order valence-electron chi connectivity index (χ3n) is 16.7. The van der Waals surface area contributed by atoms with Crippen LogP contribution in [0.5, 0.6) is 0 Å². The molecular weight excluding hydrogens is 1010 g/mol. The quantitative estimate of drug-likeness (QED) is 0.0272. The first-order chi connectivity index (χ1) is 39.0. The first-order valence-corrected chi connectivity index (χ1v) is 37.2. The van der Waals surface area contributed by atoms with Crippen LogP contribution in [0.25, 0.3) is 0 Å². The Kier molecular flexibility index (Phi) is 61.7. The lowest BCUT2D eigenvalue weighted by Gasteiger charge is -2.29. The molecule has 0 aromatic rings. The van der Waals surface area contributed by atoms with E-state index in [-0.39, 0.29) is 19.1 Å². The number of aliphatic hydroxyl groups excluding tert-OH is 1.